The van der Waals surface area contributed by atoms with Gasteiger partial charge in [-0.15, -0.1) is 0 Å². The first kappa shape index (κ1) is 17.5. The molecule has 0 N–H and O–H groups in total. The number of hydrogen-bond acceptors (Lipinski definition) is 3. The Morgan fingerprint density at radius 2 is 1.69 bits per heavy atom. The number of rotatable bonds is 3. The molecule has 0 unspecified atom stereocenters. The number of ether oxygens (including phenoxy) is 1. The summed E-state index contributed by atoms with van der Waals surface area (Å²) in [6, 6.07) is 8.51. The predicted octanol–water partition coefficient (Wildman–Crippen LogP) is 2.20. The van der Waals surface area contributed by atoms with E-state index in [4.69, 9.17) is 4.74 Å². The minimum atomic E-state index is 0.0735. The number of fused-ring (bicyclic) bond motifs is 1. The maximum atomic E-state index is 12.8. The summed E-state index contributed by atoms with van der Waals surface area (Å²) >= 11 is 0. The van der Waals surface area contributed by atoms with Crippen molar-refractivity contribution in [3.8, 4) is 0 Å². The minimum absolute atomic E-state index is 0.0735. The molecule has 0 radical (unpaired) electrons. The second-order valence-corrected chi connectivity index (χ2v) is 7.73. The molecule has 5 nitrogen and oxygen atoms in total. The second kappa shape index (κ2) is 7.78. The Balaban J connectivity index is 1.28. The van der Waals surface area contributed by atoms with Crippen molar-refractivity contribution in [2.75, 3.05) is 39.4 Å². The zero-order valence-electron chi connectivity index (χ0n) is 15.4. The minimum Gasteiger partial charge on any atom is -0.378 e. The summed E-state index contributed by atoms with van der Waals surface area (Å²) < 4.78 is 5.33. The first-order valence-electron chi connectivity index (χ1n) is 9.94. The highest BCUT2D eigenvalue weighted by Gasteiger charge is 2.32. The van der Waals surface area contributed by atoms with E-state index in [2.05, 4.69) is 24.3 Å². The van der Waals surface area contributed by atoms with Gasteiger partial charge in [0.1, 0.15) is 0 Å². The third-order valence-corrected chi connectivity index (χ3v) is 6.20. The van der Waals surface area contributed by atoms with Crippen LogP contribution in [0.2, 0.25) is 0 Å². The van der Waals surface area contributed by atoms with Gasteiger partial charge in [0.05, 0.1) is 13.2 Å². The molecule has 2 saturated heterocycles. The monoisotopic (exact) mass is 356 g/mol. The van der Waals surface area contributed by atoms with Crippen LogP contribution in [-0.2, 0) is 20.7 Å². The largest absolute Gasteiger partial charge is 0.378 e. The normalized spacial score (nSPS) is 23.8. The number of amides is 2. The number of likely N-dealkylation sites (tertiary alicyclic amines) is 1. The summed E-state index contributed by atoms with van der Waals surface area (Å²) in [5.74, 6) is 0.949. The molecular weight excluding hydrogens is 328 g/mol. The Morgan fingerprint density at radius 1 is 0.962 bits per heavy atom. The Labute approximate surface area is 155 Å². The molecule has 3 aliphatic rings. The van der Waals surface area contributed by atoms with Gasteiger partial charge >= 0.3 is 0 Å². The van der Waals surface area contributed by atoms with Crippen LogP contribution in [0.5, 0.6) is 0 Å². The lowest BCUT2D eigenvalue weighted by molar-refractivity contribution is -0.143. The molecule has 2 aliphatic heterocycles. The lowest BCUT2D eigenvalue weighted by Gasteiger charge is -2.35. The summed E-state index contributed by atoms with van der Waals surface area (Å²) in [7, 11) is 0. The van der Waals surface area contributed by atoms with E-state index in [1.54, 1.807) is 0 Å². The quantitative estimate of drug-likeness (QED) is 0.834. The standard InChI is InChI=1S/C21H28N2O3/c24-20(15-18-6-5-16-3-1-2-4-19(16)18)22-9-7-17(8-10-22)21(25)23-11-13-26-14-12-23/h1-4,17-18H,5-15H2/t18-/m0/s1. The zero-order valence-corrected chi connectivity index (χ0v) is 15.4. The number of carbonyl (C=O) groups excluding carboxylic acids is 2. The fourth-order valence-corrected chi connectivity index (χ4v) is 4.62. The van der Waals surface area contributed by atoms with E-state index < -0.39 is 0 Å². The fraction of sp³-hybridized carbons (Fsp3) is 0.619. The number of benzene rings is 1. The highest BCUT2D eigenvalue weighted by molar-refractivity contribution is 5.80. The number of nitrogens with zero attached hydrogens (tertiary/aromatic N) is 2. The molecule has 26 heavy (non-hydrogen) atoms. The number of morpholine rings is 1. The summed E-state index contributed by atoms with van der Waals surface area (Å²) in [5, 5.41) is 0. The van der Waals surface area contributed by atoms with Gasteiger partial charge in [-0.05, 0) is 42.7 Å². The molecule has 140 valence electrons. The lowest BCUT2D eigenvalue weighted by Crippen LogP contribution is -2.47. The van der Waals surface area contributed by atoms with Crippen molar-refractivity contribution in [3.05, 3.63) is 35.4 Å². The molecule has 1 aromatic carbocycles. The first-order valence-corrected chi connectivity index (χ1v) is 9.94. The van der Waals surface area contributed by atoms with Gasteiger partial charge in [-0.25, -0.2) is 0 Å². The van der Waals surface area contributed by atoms with Gasteiger partial charge in [0.25, 0.3) is 0 Å². The first-order chi connectivity index (χ1) is 12.7. The molecule has 2 fully saturated rings. The molecule has 0 aromatic heterocycles. The highest BCUT2D eigenvalue weighted by Crippen LogP contribution is 2.36. The van der Waals surface area contributed by atoms with Crippen molar-refractivity contribution >= 4 is 11.8 Å². The molecule has 4 rings (SSSR count). The molecular formula is C21H28N2O3. The van der Waals surface area contributed by atoms with Gasteiger partial charge in [0.2, 0.25) is 11.8 Å². The van der Waals surface area contributed by atoms with Gasteiger partial charge in [-0.1, -0.05) is 24.3 Å². The Kier molecular flexibility index (Phi) is 5.25. The van der Waals surface area contributed by atoms with Crippen LogP contribution in [0.4, 0.5) is 0 Å². The van der Waals surface area contributed by atoms with Gasteiger partial charge in [0, 0.05) is 38.5 Å². The van der Waals surface area contributed by atoms with E-state index in [1.165, 1.54) is 11.1 Å². The second-order valence-electron chi connectivity index (χ2n) is 7.73. The van der Waals surface area contributed by atoms with Crippen LogP contribution >= 0.6 is 0 Å². The van der Waals surface area contributed by atoms with Crippen molar-refractivity contribution in [2.45, 2.75) is 38.0 Å². The van der Waals surface area contributed by atoms with Crippen LogP contribution in [-0.4, -0.2) is 61.0 Å². The maximum absolute atomic E-state index is 12.8. The van der Waals surface area contributed by atoms with Crippen LogP contribution in [0.25, 0.3) is 0 Å². The molecule has 0 bridgehead atoms. The third kappa shape index (κ3) is 3.63. The molecule has 1 aromatic rings. The van der Waals surface area contributed by atoms with Crippen LogP contribution in [0.3, 0.4) is 0 Å². The summed E-state index contributed by atoms with van der Waals surface area (Å²) in [4.78, 5) is 29.3. The molecule has 2 heterocycles. The van der Waals surface area contributed by atoms with Gasteiger partial charge < -0.3 is 14.5 Å². The number of hydrogen-bond donors (Lipinski definition) is 0. The fourth-order valence-electron chi connectivity index (χ4n) is 4.62. The van der Waals surface area contributed by atoms with E-state index >= 15 is 0 Å². The molecule has 2 amide bonds. The van der Waals surface area contributed by atoms with Crippen molar-refractivity contribution < 1.29 is 14.3 Å². The number of carbonyl (C=O) groups is 2. The van der Waals surface area contributed by atoms with Crippen molar-refractivity contribution in [1.82, 2.24) is 9.80 Å². The summed E-state index contributed by atoms with van der Waals surface area (Å²) in [6.07, 6.45) is 4.37. The Morgan fingerprint density at radius 3 is 2.46 bits per heavy atom. The van der Waals surface area contributed by atoms with E-state index in [-0.39, 0.29) is 17.7 Å². The van der Waals surface area contributed by atoms with E-state index in [0.29, 0.717) is 51.7 Å². The van der Waals surface area contributed by atoms with Crippen LogP contribution in [0.1, 0.15) is 42.7 Å². The summed E-state index contributed by atoms with van der Waals surface area (Å²) in [6.45, 7) is 4.14. The highest BCUT2D eigenvalue weighted by atomic mass is 16.5. The van der Waals surface area contributed by atoms with Crippen molar-refractivity contribution in [2.24, 2.45) is 5.92 Å². The lowest BCUT2D eigenvalue weighted by atomic mass is 9.93. The van der Waals surface area contributed by atoms with Gasteiger partial charge in [-0.2, -0.15) is 0 Å². The molecule has 1 atom stereocenters. The molecule has 5 heteroatoms. The zero-order chi connectivity index (χ0) is 17.9. The SMILES string of the molecule is O=C(C[C@@H]1CCc2ccccc21)N1CCC(C(=O)N2CCOCC2)CC1. The van der Waals surface area contributed by atoms with E-state index in [1.807, 2.05) is 9.80 Å². The number of piperidine rings is 1. The van der Waals surface area contributed by atoms with E-state index in [9.17, 15) is 9.59 Å². The number of aryl methyl sites for hydroxylation is 1. The Bertz CT molecular complexity index is 661. The van der Waals surface area contributed by atoms with Gasteiger partial charge in [0.15, 0.2) is 0 Å². The maximum Gasteiger partial charge on any atom is 0.225 e. The average molecular weight is 356 g/mol. The predicted molar refractivity (Wildman–Crippen MR) is 98.8 cm³/mol. The topological polar surface area (TPSA) is 49.9 Å². The molecule has 1 aliphatic carbocycles. The van der Waals surface area contributed by atoms with Crippen molar-refractivity contribution in [3.63, 3.8) is 0 Å². The van der Waals surface area contributed by atoms with Crippen LogP contribution in [0, 0.1) is 5.92 Å². The van der Waals surface area contributed by atoms with E-state index in [0.717, 1.165) is 25.7 Å². The van der Waals surface area contributed by atoms with Crippen molar-refractivity contribution in [1.29, 1.82) is 0 Å². The van der Waals surface area contributed by atoms with Crippen LogP contribution in [0.15, 0.2) is 24.3 Å². The Hall–Kier alpha value is -1.88. The van der Waals surface area contributed by atoms with Crippen LogP contribution < -0.4 is 0 Å². The average Bonchev–Trinajstić information content (AvgIpc) is 3.11. The molecule has 0 spiro atoms. The summed E-state index contributed by atoms with van der Waals surface area (Å²) in [5.41, 5.74) is 2.76. The third-order valence-electron chi connectivity index (χ3n) is 6.20. The smallest absolute Gasteiger partial charge is 0.225 e. The molecule has 0 saturated carbocycles. The van der Waals surface area contributed by atoms with Gasteiger partial charge in [-0.3, -0.25) is 9.59 Å².